The lowest BCUT2D eigenvalue weighted by atomic mass is 10.0. The van der Waals surface area contributed by atoms with Crippen LogP contribution >= 0.6 is 0 Å². The lowest BCUT2D eigenvalue weighted by Gasteiger charge is -2.32. The summed E-state index contributed by atoms with van der Waals surface area (Å²) in [6.07, 6.45) is 1.69. The molecule has 3 aromatic rings. The second-order valence-electron chi connectivity index (χ2n) is 8.68. The van der Waals surface area contributed by atoms with Gasteiger partial charge in [-0.2, -0.15) is 4.98 Å². The largest absolute Gasteiger partial charge is 0.382 e. The fourth-order valence-electron chi connectivity index (χ4n) is 3.86. The molecule has 0 bridgehead atoms. The first-order valence-electron chi connectivity index (χ1n) is 11.3. The first kappa shape index (κ1) is 24.3. The van der Waals surface area contributed by atoms with Gasteiger partial charge in [0, 0.05) is 6.54 Å². The zero-order chi connectivity index (χ0) is 25.2. The number of aromatic nitrogens is 2. The number of amides is 2. The number of nitrogens with two attached hydrogens (primary N) is 1. The van der Waals surface area contributed by atoms with E-state index in [1.54, 1.807) is 12.1 Å². The number of benzene rings is 2. The lowest BCUT2D eigenvalue weighted by Crippen LogP contribution is -2.55. The molecule has 0 atom stereocenters. The summed E-state index contributed by atoms with van der Waals surface area (Å²) in [7, 11) is -3.93. The maximum atomic E-state index is 13.1. The Labute approximate surface area is 204 Å². The second-order valence-corrected chi connectivity index (χ2v) is 10.6. The third-order valence-electron chi connectivity index (χ3n) is 5.92. The summed E-state index contributed by atoms with van der Waals surface area (Å²) in [5.41, 5.74) is 8.05. The Balaban J connectivity index is 1.48. The van der Waals surface area contributed by atoms with Crippen LogP contribution in [0, 0.1) is 0 Å². The Bertz CT molecular complexity index is 1320. The van der Waals surface area contributed by atoms with Crippen LogP contribution in [0.4, 0.5) is 11.8 Å². The SMILES string of the molecule is CC(C)c1ccc(S(=O)(=O)c2cnc(N3CC(=O)N(CCc4ccccc4)C(=O)C3)nc2N)cc1. The van der Waals surface area contributed by atoms with Crippen molar-refractivity contribution in [3.8, 4) is 0 Å². The Kier molecular flexibility index (Phi) is 6.83. The molecule has 0 saturated carbocycles. The fraction of sp³-hybridized carbons (Fsp3) is 0.280. The number of rotatable bonds is 7. The van der Waals surface area contributed by atoms with Gasteiger partial charge < -0.3 is 10.6 Å². The summed E-state index contributed by atoms with van der Waals surface area (Å²) in [6.45, 7) is 4.11. The number of carbonyl (C=O) groups is 2. The van der Waals surface area contributed by atoms with Crippen LogP contribution in [0.1, 0.15) is 30.9 Å². The molecule has 1 aliphatic heterocycles. The summed E-state index contributed by atoms with van der Waals surface area (Å²) in [4.78, 5) is 36.0. The van der Waals surface area contributed by atoms with Gasteiger partial charge in [-0.15, -0.1) is 0 Å². The van der Waals surface area contributed by atoms with Gasteiger partial charge in [0.05, 0.1) is 11.1 Å². The summed E-state index contributed by atoms with van der Waals surface area (Å²) < 4.78 is 26.1. The molecule has 0 spiro atoms. The van der Waals surface area contributed by atoms with E-state index < -0.39 is 9.84 Å². The molecule has 0 aliphatic carbocycles. The third-order valence-corrected chi connectivity index (χ3v) is 7.71. The van der Waals surface area contributed by atoms with Crippen LogP contribution < -0.4 is 10.6 Å². The minimum atomic E-state index is -3.93. The van der Waals surface area contributed by atoms with Gasteiger partial charge in [0.15, 0.2) is 0 Å². The van der Waals surface area contributed by atoms with Gasteiger partial charge in [-0.3, -0.25) is 14.5 Å². The molecule has 1 fully saturated rings. The highest BCUT2D eigenvalue weighted by atomic mass is 32.2. The quantitative estimate of drug-likeness (QED) is 0.497. The first-order valence-corrected chi connectivity index (χ1v) is 12.7. The van der Waals surface area contributed by atoms with Crippen molar-refractivity contribution in [1.82, 2.24) is 14.9 Å². The fourth-order valence-corrected chi connectivity index (χ4v) is 5.12. The van der Waals surface area contributed by atoms with Crippen LogP contribution in [0.3, 0.4) is 0 Å². The van der Waals surface area contributed by atoms with Crippen molar-refractivity contribution in [2.45, 2.75) is 36.0 Å². The third kappa shape index (κ3) is 5.17. The highest BCUT2D eigenvalue weighted by Gasteiger charge is 2.33. The van der Waals surface area contributed by atoms with Crippen molar-refractivity contribution in [2.75, 3.05) is 30.3 Å². The molecule has 35 heavy (non-hydrogen) atoms. The Morgan fingerprint density at radius 3 is 2.17 bits per heavy atom. The number of anilines is 2. The van der Waals surface area contributed by atoms with Crippen LogP contribution in [0.5, 0.6) is 0 Å². The summed E-state index contributed by atoms with van der Waals surface area (Å²) >= 11 is 0. The van der Waals surface area contributed by atoms with Crippen LogP contribution in [0.15, 0.2) is 70.6 Å². The molecule has 0 radical (unpaired) electrons. The number of imide groups is 1. The standard InChI is InChI=1S/C25H27N5O4S/c1-17(2)19-8-10-20(11-9-19)35(33,34)21-14-27-25(28-24(21)26)29-15-22(31)30(23(32)16-29)13-12-18-6-4-3-5-7-18/h3-11,14,17H,12-13,15-16H2,1-2H3,(H2,26,27,28). The highest BCUT2D eigenvalue weighted by molar-refractivity contribution is 7.91. The van der Waals surface area contributed by atoms with Gasteiger partial charge in [0.25, 0.3) is 0 Å². The van der Waals surface area contributed by atoms with Crippen molar-refractivity contribution in [2.24, 2.45) is 0 Å². The van der Waals surface area contributed by atoms with Crippen LogP contribution in [0.25, 0.3) is 0 Å². The number of nitrogen functional groups attached to an aromatic ring is 1. The number of hydrogen-bond acceptors (Lipinski definition) is 8. The van der Waals surface area contributed by atoms with Crippen LogP contribution in [0.2, 0.25) is 0 Å². The number of hydrogen-bond donors (Lipinski definition) is 1. The molecule has 1 saturated heterocycles. The van der Waals surface area contributed by atoms with E-state index >= 15 is 0 Å². The molecule has 1 aromatic heterocycles. The average Bonchev–Trinajstić information content (AvgIpc) is 2.84. The minimum absolute atomic E-state index is 0.0287. The van der Waals surface area contributed by atoms with E-state index in [1.165, 1.54) is 21.9 Å². The molecule has 2 aromatic carbocycles. The zero-order valence-corrected chi connectivity index (χ0v) is 20.4. The van der Waals surface area contributed by atoms with Gasteiger partial charge in [-0.25, -0.2) is 13.4 Å². The zero-order valence-electron chi connectivity index (χ0n) is 19.6. The highest BCUT2D eigenvalue weighted by Crippen LogP contribution is 2.27. The molecule has 2 heterocycles. The molecular weight excluding hydrogens is 466 g/mol. The number of piperazine rings is 1. The molecular formula is C25H27N5O4S. The van der Waals surface area contributed by atoms with Crippen LogP contribution in [-0.4, -0.2) is 54.7 Å². The first-order chi connectivity index (χ1) is 16.7. The number of nitrogens with zero attached hydrogens (tertiary/aromatic N) is 4. The van der Waals surface area contributed by atoms with E-state index in [4.69, 9.17) is 5.73 Å². The van der Waals surface area contributed by atoms with E-state index in [-0.39, 0.29) is 58.9 Å². The van der Waals surface area contributed by atoms with Gasteiger partial charge in [0.1, 0.15) is 23.8 Å². The van der Waals surface area contributed by atoms with E-state index in [2.05, 4.69) is 9.97 Å². The van der Waals surface area contributed by atoms with E-state index in [0.717, 1.165) is 17.3 Å². The molecule has 0 unspecified atom stereocenters. The predicted molar refractivity (Wildman–Crippen MR) is 132 cm³/mol. The molecule has 4 rings (SSSR count). The lowest BCUT2D eigenvalue weighted by molar-refractivity contribution is -0.145. The predicted octanol–water partition coefficient (Wildman–Crippen LogP) is 2.43. The number of sulfone groups is 1. The second kappa shape index (κ2) is 9.83. The summed E-state index contributed by atoms with van der Waals surface area (Å²) in [5, 5.41) is 0. The monoisotopic (exact) mass is 493 g/mol. The van der Waals surface area contributed by atoms with Crippen molar-refractivity contribution in [1.29, 1.82) is 0 Å². The Hall–Kier alpha value is -3.79. The minimum Gasteiger partial charge on any atom is -0.382 e. The van der Waals surface area contributed by atoms with Gasteiger partial charge in [-0.05, 0) is 35.6 Å². The smallest absolute Gasteiger partial charge is 0.248 e. The van der Waals surface area contributed by atoms with Crippen molar-refractivity contribution < 1.29 is 18.0 Å². The topological polar surface area (TPSA) is 127 Å². The van der Waals surface area contributed by atoms with E-state index in [1.807, 2.05) is 44.2 Å². The molecule has 9 nitrogen and oxygen atoms in total. The van der Waals surface area contributed by atoms with Crippen molar-refractivity contribution >= 4 is 33.4 Å². The van der Waals surface area contributed by atoms with Crippen molar-refractivity contribution in [3.05, 3.63) is 71.9 Å². The Morgan fingerprint density at radius 1 is 0.971 bits per heavy atom. The number of carbonyl (C=O) groups excluding carboxylic acids is 2. The van der Waals surface area contributed by atoms with Gasteiger partial charge in [0.2, 0.25) is 27.6 Å². The summed E-state index contributed by atoms with van der Waals surface area (Å²) in [5.74, 6) is -0.693. The maximum Gasteiger partial charge on any atom is 0.248 e. The molecule has 182 valence electrons. The van der Waals surface area contributed by atoms with Gasteiger partial charge >= 0.3 is 0 Å². The normalized spacial score (nSPS) is 14.6. The van der Waals surface area contributed by atoms with Crippen molar-refractivity contribution in [3.63, 3.8) is 0 Å². The van der Waals surface area contributed by atoms with Gasteiger partial charge in [-0.1, -0.05) is 56.3 Å². The van der Waals surface area contributed by atoms with E-state index in [9.17, 15) is 18.0 Å². The molecule has 2 N–H and O–H groups in total. The molecule has 10 heteroatoms. The van der Waals surface area contributed by atoms with Crippen LogP contribution in [-0.2, 0) is 25.8 Å². The Morgan fingerprint density at radius 2 is 1.60 bits per heavy atom. The summed E-state index contributed by atoms with van der Waals surface area (Å²) in [6, 6.07) is 16.2. The maximum absolute atomic E-state index is 13.1. The molecule has 2 amide bonds. The average molecular weight is 494 g/mol. The molecule has 1 aliphatic rings. The van der Waals surface area contributed by atoms with E-state index in [0.29, 0.717) is 6.42 Å².